The molecular weight excluding hydrogens is 220 g/mol. The highest BCUT2D eigenvalue weighted by Gasteiger charge is 2.08. The largest absolute Gasteiger partial charge is 0.387 e. The molecule has 0 saturated heterocycles. The van der Waals surface area contributed by atoms with Gasteiger partial charge in [-0.1, -0.05) is 34.1 Å². The molecule has 0 saturated carbocycles. The SMILES string of the molecule is NNCC(O)c1ccccc1Br. The van der Waals surface area contributed by atoms with E-state index in [9.17, 15) is 5.11 Å². The highest BCUT2D eigenvalue weighted by Crippen LogP contribution is 2.22. The maximum absolute atomic E-state index is 9.53. The van der Waals surface area contributed by atoms with Gasteiger partial charge in [0.2, 0.25) is 0 Å². The number of hydrazine groups is 1. The van der Waals surface area contributed by atoms with Crippen LogP contribution in [0.25, 0.3) is 0 Å². The highest BCUT2D eigenvalue weighted by atomic mass is 79.9. The second-order valence-electron chi connectivity index (χ2n) is 2.45. The van der Waals surface area contributed by atoms with Crippen LogP contribution in [0.15, 0.2) is 28.7 Å². The number of rotatable bonds is 3. The van der Waals surface area contributed by atoms with Crippen LogP contribution in [0.4, 0.5) is 0 Å². The van der Waals surface area contributed by atoms with Gasteiger partial charge in [-0.2, -0.15) is 0 Å². The van der Waals surface area contributed by atoms with Gasteiger partial charge in [0.1, 0.15) is 0 Å². The molecule has 0 aliphatic heterocycles. The molecule has 1 rings (SSSR count). The molecule has 3 nitrogen and oxygen atoms in total. The molecule has 0 spiro atoms. The number of hydrogen-bond acceptors (Lipinski definition) is 3. The van der Waals surface area contributed by atoms with Crippen LogP contribution in [0.2, 0.25) is 0 Å². The summed E-state index contributed by atoms with van der Waals surface area (Å²) in [5, 5.41) is 9.53. The van der Waals surface area contributed by atoms with Crippen LogP contribution < -0.4 is 11.3 Å². The molecule has 1 atom stereocenters. The number of aliphatic hydroxyl groups is 1. The fraction of sp³-hybridized carbons (Fsp3) is 0.250. The summed E-state index contributed by atoms with van der Waals surface area (Å²) in [6, 6.07) is 7.51. The molecule has 0 fully saturated rings. The molecule has 0 aromatic heterocycles. The van der Waals surface area contributed by atoms with Gasteiger partial charge in [0.15, 0.2) is 0 Å². The smallest absolute Gasteiger partial charge is 0.0939 e. The molecule has 66 valence electrons. The Morgan fingerprint density at radius 2 is 2.17 bits per heavy atom. The third-order valence-electron chi connectivity index (χ3n) is 1.58. The minimum Gasteiger partial charge on any atom is -0.387 e. The van der Waals surface area contributed by atoms with E-state index in [2.05, 4.69) is 21.4 Å². The van der Waals surface area contributed by atoms with Crippen molar-refractivity contribution in [2.75, 3.05) is 6.54 Å². The van der Waals surface area contributed by atoms with Crippen LogP contribution in [0, 0.1) is 0 Å². The van der Waals surface area contributed by atoms with Gasteiger partial charge in [-0.15, -0.1) is 0 Å². The van der Waals surface area contributed by atoms with Crippen molar-refractivity contribution in [3.05, 3.63) is 34.3 Å². The van der Waals surface area contributed by atoms with Crippen LogP contribution in [0.1, 0.15) is 11.7 Å². The van der Waals surface area contributed by atoms with Gasteiger partial charge in [-0.3, -0.25) is 11.3 Å². The Balaban J connectivity index is 2.79. The molecule has 0 amide bonds. The fourth-order valence-corrected chi connectivity index (χ4v) is 1.52. The van der Waals surface area contributed by atoms with Crippen LogP contribution in [0.3, 0.4) is 0 Å². The molecule has 12 heavy (non-hydrogen) atoms. The lowest BCUT2D eigenvalue weighted by Crippen LogP contribution is -2.27. The Bertz CT molecular complexity index is 255. The van der Waals surface area contributed by atoms with Gasteiger partial charge in [0, 0.05) is 11.0 Å². The Hall–Kier alpha value is -0.420. The van der Waals surface area contributed by atoms with Gasteiger partial charge in [0.25, 0.3) is 0 Å². The van der Waals surface area contributed by atoms with Crippen molar-refractivity contribution in [2.24, 2.45) is 5.84 Å². The number of aliphatic hydroxyl groups excluding tert-OH is 1. The van der Waals surface area contributed by atoms with Gasteiger partial charge < -0.3 is 5.11 Å². The molecule has 1 aromatic rings. The lowest BCUT2D eigenvalue weighted by molar-refractivity contribution is 0.174. The van der Waals surface area contributed by atoms with Crippen molar-refractivity contribution < 1.29 is 5.11 Å². The zero-order chi connectivity index (χ0) is 8.97. The summed E-state index contributed by atoms with van der Waals surface area (Å²) in [5.74, 6) is 5.09. The quantitative estimate of drug-likeness (QED) is 0.536. The lowest BCUT2D eigenvalue weighted by Gasteiger charge is -2.11. The average Bonchev–Trinajstić information content (AvgIpc) is 2.05. The molecule has 1 unspecified atom stereocenters. The van der Waals surface area contributed by atoms with E-state index in [0.717, 1.165) is 10.0 Å². The van der Waals surface area contributed by atoms with Crippen LogP contribution in [0.5, 0.6) is 0 Å². The maximum Gasteiger partial charge on any atom is 0.0939 e. The van der Waals surface area contributed by atoms with E-state index in [4.69, 9.17) is 5.84 Å². The summed E-state index contributed by atoms with van der Waals surface area (Å²) in [6.45, 7) is 0.350. The molecule has 4 N–H and O–H groups in total. The van der Waals surface area contributed by atoms with E-state index in [1.54, 1.807) is 0 Å². The summed E-state index contributed by atoms with van der Waals surface area (Å²) < 4.78 is 0.896. The number of hydrogen-bond donors (Lipinski definition) is 3. The number of benzene rings is 1. The summed E-state index contributed by atoms with van der Waals surface area (Å²) in [7, 11) is 0. The number of nitrogens with two attached hydrogens (primary N) is 1. The molecule has 0 radical (unpaired) electrons. The van der Waals surface area contributed by atoms with E-state index in [1.807, 2.05) is 24.3 Å². The first kappa shape index (κ1) is 9.67. The monoisotopic (exact) mass is 230 g/mol. The van der Waals surface area contributed by atoms with E-state index in [-0.39, 0.29) is 0 Å². The first-order chi connectivity index (χ1) is 5.75. The molecule has 0 aliphatic rings. The first-order valence-corrected chi connectivity index (χ1v) is 4.41. The average molecular weight is 231 g/mol. The minimum absolute atomic E-state index is 0.350. The lowest BCUT2D eigenvalue weighted by atomic mass is 10.1. The van der Waals surface area contributed by atoms with Crippen molar-refractivity contribution in [3.8, 4) is 0 Å². The highest BCUT2D eigenvalue weighted by molar-refractivity contribution is 9.10. The van der Waals surface area contributed by atoms with Gasteiger partial charge in [0.05, 0.1) is 6.10 Å². The third kappa shape index (κ3) is 2.28. The number of nitrogens with one attached hydrogen (secondary N) is 1. The van der Waals surface area contributed by atoms with Crippen LogP contribution in [-0.2, 0) is 0 Å². The zero-order valence-electron chi connectivity index (χ0n) is 6.50. The molecular formula is C8H11BrN2O. The van der Waals surface area contributed by atoms with E-state index >= 15 is 0 Å². The molecule has 0 heterocycles. The Morgan fingerprint density at radius 1 is 1.50 bits per heavy atom. The second-order valence-corrected chi connectivity index (χ2v) is 3.30. The Morgan fingerprint density at radius 3 is 2.75 bits per heavy atom. The number of halogens is 1. The second kappa shape index (κ2) is 4.57. The molecule has 0 bridgehead atoms. The summed E-state index contributed by atoms with van der Waals surface area (Å²) in [4.78, 5) is 0. The predicted octanol–water partition coefficient (Wildman–Crippen LogP) is 0.946. The predicted molar refractivity (Wildman–Crippen MR) is 51.3 cm³/mol. The van der Waals surface area contributed by atoms with Crippen molar-refractivity contribution in [3.63, 3.8) is 0 Å². The van der Waals surface area contributed by atoms with E-state index in [1.165, 1.54) is 0 Å². The first-order valence-electron chi connectivity index (χ1n) is 3.61. The van der Waals surface area contributed by atoms with Crippen molar-refractivity contribution in [1.29, 1.82) is 0 Å². The molecule has 4 heteroatoms. The van der Waals surface area contributed by atoms with E-state index in [0.29, 0.717) is 6.54 Å². The summed E-state index contributed by atoms with van der Waals surface area (Å²) >= 11 is 3.34. The third-order valence-corrected chi connectivity index (χ3v) is 2.30. The topological polar surface area (TPSA) is 58.3 Å². The standard InChI is InChI=1S/C8H11BrN2O/c9-7-4-2-1-3-6(7)8(12)5-11-10/h1-4,8,11-12H,5,10H2. The van der Waals surface area contributed by atoms with Crippen LogP contribution in [-0.4, -0.2) is 11.7 Å². The minimum atomic E-state index is -0.564. The van der Waals surface area contributed by atoms with Crippen LogP contribution >= 0.6 is 15.9 Å². The molecule has 1 aromatic carbocycles. The normalized spacial score (nSPS) is 12.9. The Kier molecular flexibility index (Phi) is 3.68. The van der Waals surface area contributed by atoms with Gasteiger partial charge in [-0.05, 0) is 11.6 Å². The van der Waals surface area contributed by atoms with E-state index < -0.39 is 6.10 Å². The van der Waals surface area contributed by atoms with Crippen molar-refractivity contribution in [2.45, 2.75) is 6.10 Å². The van der Waals surface area contributed by atoms with Crippen molar-refractivity contribution >= 4 is 15.9 Å². The fourth-order valence-electron chi connectivity index (χ4n) is 0.967. The van der Waals surface area contributed by atoms with Gasteiger partial charge in [-0.25, -0.2) is 0 Å². The van der Waals surface area contributed by atoms with Crippen molar-refractivity contribution in [1.82, 2.24) is 5.43 Å². The summed E-state index contributed by atoms with van der Waals surface area (Å²) in [6.07, 6.45) is -0.564. The van der Waals surface area contributed by atoms with Gasteiger partial charge >= 0.3 is 0 Å². The maximum atomic E-state index is 9.53. The zero-order valence-corrected chi connectivity index (χ0v) is 8.08. The molecule has 0 aliphatic carbocycles. The Labute approximate surface area is 79.7 Å². The summed E-state index contributed by atoms with van der Waals surface area (Å²) in [5.41, 5.74) is 3.27.